The van der Waals surface area contributed by atoms with Crippen LogP contribution in [0.15, 0.2) is 53.3 Å². The Morgan fingerprint density at radius 3 is 2.61 bits per heavy atom. The highest BCUT2D eigenvalue weighted by Crippen LogP contribution is 2.49. The van der Waals surface area contributed by atoms with E-state index in [-0.39, 0.29) is 6.54 Å². The van der Waals surface area contributed by atoms with Crippen molar-refractivity contribution in [1.29, 1.82) is 0 Å². The highest BCUT2D eigenvalue weighted by Gasteiger charge is 2.68. The molecule has 4 rings (SSSR count). The minimum absolute atomic E-state index is 0.103. The number of likely N-dealkylation sites (tertiary alicyclic amines) is 1. The van der Waals surface area contributed by atoms with Crippen molar-refractivity contribution in [3.05, 3.63) is 60.1 Å². The molecule has 0 aliphatic carbocycles. The first-order valence-corrected chi connectivity index (χ1v) is 8.91. The molecule has 2 aromatic rings. The maximum Gasteiger partial charge on any atom is 0.329 e. The summed E-state index contributed by atoms with van der Waals surface area (Å²) in [4.78, 5) is 40.2. The van der Waals surface area contributed by atoms with Gasteiger partial charge in [-0.2, -0.15) is 0 Å². The van der Waals surface area contributed by atoms with E-state index >= 15 is 0 Å². The van der Waals surface area contributed by atoms with Gasteiger partial charge in [0.25, 0.3) is 0 Å². The standard InChI is InChI=1S/C20H20N2O6/c1-27-19(26)20(11-23)15-14(16(21-20)13-7-8-28-10-13)17(24)22(18(15)25)9-12-5-3-2-4-6-12/h2-8,10,14-16,21,23H,9,11H2,1H3/t14-,15-,16-,20-/m1/s1. The third-order valence-corrected chi connectivity index (χ3v) is 5.63. The highest BCUT2D eigenvalue weighted by atomic mass is 16.5. The molecule has 3 heterocycles. The Labute approximate surface area is 161 Å². The minimum Gasteiger partial charge on any atom is -0.472 e. The number of fused-ring (bicyclic) bond motifs is 1. The van der Waals surface area contributed by atoms with Crippen LogP contribution in [0.2, 0.25) is 0 Å². The number of aliphatic hydroxyl groups excluding tert-OH is 1. The summed E-state index contributed by atoms with van der Waals surface area (Å²) in [6.45, 7) is -0.570. The molecule has 0 bridgehead atoms. The van der Waals surface area contributed by atoms with Gasteiger partial charge < -0.3 is 14.3 Å². The Balaban J connectivity index is 1.76. The van der Waals surface area contributed by atoms with E-state index in [9.17, 15) is 19.5 Å². The Hall–Kier alpha value is -2.97. The number of benzene rings is 1. The first-order chi connectivity index (χ1) is 13.5. The van der Waals surface area contributed by atoms with E-state index in [1.165, 1.54) is 19.6 Å². The average Bonchev–Trinajstić information content (AvgIpc) is 3.42. The van der Waals surface area contributed by atoms with E-state index in [1.54, 1.807) is 6.07 Å². The van der Waals surface area contributed by atoms with Gasteiger partial charge in [0.1, 0.15) is 0 Å². The van der Waals surface area contributed by atoms with E-state index < -0.39 is 47.8 Å². The number of ether oxygens (including phenoxy) is 1. The van der Waals surface area contributed by atoms with Gasteiger partial charge in [-0.3, -0.25) is 19.8 Å². The number of nitrogens with one attached hydrogen (secondary N) is 1. The minimum atomic E-state index is -1.69. The fraction of sp³-hybridized carbons (Fsp3) is 0.350. The summed E-state index contributed by atoms with van der Waals surface area (Å²) in [5.41, 5.74) is -0.277. The second kappa shape index (κ2) is 6.88. The topological polar surface area (TPSA) is 109 Å². The number of hydrogen-bond acceptors (Lipinski definition) is 7. The summed E-state index contributed by atoms with van der Waals surface area (Å²) in [6.07, 6.45) is 2.91. The first-order valence-electron chi connectivity index (χ1n) is 8.91. The van der Waals surface area contributed by atoms with Crippen LogP contribution >= 0.6 is 0 Å². The van der Waals surface area contributed by atoms with Crippen LogP contribution in [0.25, 0.3) is 0 Å². The van der Waals surface area contributed by atoms with Gasteiger partial charge in [0.2, 0.25) is 11.8 Å². The second-order valence-electron chi connectivity index (χ2n) is 7.05. The maximum atomic E-state index is 13.2. The highest BCUT2D eigenvalue weighted by molar-refractivity contribution is 6.09. The molecular weight excluding hydrogens is 364 g/mol. The normalized spacial score (nSPS) is 29.2. The van der Waals surface area contributed by atoms with Crippen molar-refractivity contribution in [3.8, 4) is 0 Å². The van der Waals surface area contributed by atoms with E-state index in [0.29, 0.717) is 5.56 Å². The molecule has 146 valence electrons. The number of imide groups is 1. The van der Waals surface area contributed by atoms with Crippen LogP contribution in [0.4, 0.5) is 0 Å². The third-order valence-electron chi connectivity index (χ3n) is 5.63. The summed E-state index contributed by atoms with van der Waals surface area (Å²) in [5.74, 6) is -3.59. The molecular formula is C20H20N2O6. The summed E-state index contributed by atoms with van der Waals surface area (Å²) in [6, 6.07) is 10.1. The zero-order valence-electron chi connectivity index (χ0n) is 15.2. The number of rotatable bonds is 5. The molecule has 4 atom stereocenters. The van der Waals surface area contributed by atoms with Crippen LogP contribution in [0, 0.1) is 11.8 Å². The second-order valence-corrected chi connectivity index (χ2v) is 7.05. The molecule has 1 aromatic carbocycles. The van der Waals surface area contributed by atoms with Gasteiger partial charge in [0.05, 0.1) is 44.6 Å². The zero-order valence-corrected chi connectivity index (χ0v) is 15.2. The number of nitrogens with zero attached hydrogens (tertiary/aromatic N) is 1. The molecule has 2 amide bonds. The number of esters is 1. The fourth-order valence-corrected chi connectivity index (χ4v) is 4.30. The van der Waals surface area contributed by atoms with Crippen molar-refractivity contribution in [2.45, 2.75) is 18.1 Å². The lowest BCUT2D eigenvalue weighted by molar-refractivity contribution is -0.156. The molecule has 0 spiro atoms. The smallest absolute Gasteiger partial charge is 0.329 e. The third kappa shape index (κ3) is 2.56. The number of hydrogen-bond donors (Lipinski definition) is 2. The van der Waals surface area contributed by atoms with Crippen LogP contribution in [-0.4, -0.2) is 47.0 Å². The van der Waals surface area contributed by atoms with Crippen molar-refractivity contribution in [2.24, 2.45) is 11.8 Å². The van der Waals surface area contributed by atoms with Crippen LogP contribution in [0.1, 0.15) is 17.2 Å². The van der Waals surface area contributed by atoms with Gasteiger partial charge >= 0.3 is 5.97 Å². The maximum absolute atomic E-state index is 13.2. The lowest BCUT2D eigenvalue weighted by Crippen LogP contribution is -2.58. The number of aliphatic hydroxyl groups is 1. The summed E-state index contributed by atoms with van der Waals surface area (Å²) >= 11 is 0. The van der Waals surface area contributed by atoms with Crippen LogP contribution in [0.3, 0.4) is 0 Å². The SMILES string of the molecule is COC(=O)[C@]1(CO)N[C@H](c2ccoc2)[C@@H]2C(=O)N(Cc3ccccc3)C(=O)[C@@H]21. The van der Waals surface area contributed by atoms with E-state index in [2.05, 4.69) is 5.32 Å². The van der Waals surface area contributed by atoms with E-state index in [0.717, 1.165) is 10.5 Å². The lowest BCUT2D eigenvalue weighted by Gasteiger charge is -2.30. The summed E-state index contributed by atoms with van der Waals surface area (Å²) in [5, 5.41) is 13.1. The van der Waals surface area contributed by atoms with Crippen molar-refractivity contribution in [2.75, 3.05) is 13.7 Å². The fourth-order valence-electron chi connectivity index (χ4n) is 4.30. The molecule has 2 aliphatic heterocycles. The monoisotopic (exact) mass is 384 g/mol. The number of furan rings is 1. The molecule has 2 aliphatic rings. The number of methoxy groups -OCH3 is 1. The van der Waals surface area contributed by atoms with E-state index in [1.807, 2.05) is 30.3 Å². The van der Waals surface area contributed by atoms with Crippen LogP contribution in [0.5, 0.6) is 0 Å². The van der Waals surface area contributed by atoms with Crippen LogP contribution < -0.4 is 5.32 Å². The van der Waals surface area contributed by atoms with Crippen molar-refractivity contribution >= 4 is 17.8 Å². The quantitative estimate of drug-likeness (QED) is 0.575. The van der Waals surface area contributed by atoms with Gasteiger partial charge in [-0.05, 0) is 11.6 Å². The largest absolute Gasteiger partial charge is 0.472 e. The molecule has 8 heteroatoms. The Morgan fingerprint density at radius 1 is 1.25 bits per heavy atom. The molecule has 1 aromatic heterocycles. The van der Waals surface area contributed by atoms with Crippen molar-refractivity contribution < 1.29 is 28.6 Å². The number of carbonyl (C=O) groups excluding carboxylic acids is 3. The van der Waals surface area contributed by atoms with Gasteiger partial charge in [-0.25, -0.2) is 4.79 Å². The number of amides is 2. The van der Waals surface area contributed by atoms with Gasteiger partial charge in [0.15, 0.2) is 5.54 Å². The van der Waals surface area contributed by atoms with Gasteiger partial charge in [0, 0.05) is 11.6 Å². The molecule has 2 fully saturated rings. The van der Waals surface area contributed by atoms with Gasteiger partial charge in [-0.1, -0.05) is 30.3 Å². The Bertz CT molecular complexity index is 897. The molecule has 0 saturated carbocycles. The van der Waals surface area contributed by atoms with E-state index in [4.69, 9.17) is 9.15 Å². The van der Waals surface area contributed by atoms with Crippen molar-refractivity contribution in [3.63, 3.8) is 0 Å². The molecule has 0 unspecified atom stereocenters. The zero-order chi connectivity index (χ0) is 19.9. The number of carbonyl (C=O) groups is 3. The molecule has 28 heavy (non-hydrogen) atoms. The average molecular weight is 384 g/mol. The summed E-state index contributed by atoms with van der Waals surface area (Å²) in [7, 11) is 1.19. The molecule has 2 N–H and O–H groups in total. The molecule has 2 saturated heterocycles. The van der Waals surface area contributed by atoms with Crippen LogP contribution in [-0.2, 0) is 25.7 Å². The summed E-state index contributed by atoms with van der Waals surface area (Å²) < 4.78 is 9.99. The predicted molar refractivity (Wildman–Crippen MR) is 95.4 cm³/mol. The Morgan fingerprint density at radius 2 is 2.00 bits per heavy atom. The predicted octanol–water partition coefficient (Wildman–Crippen LogP) is 0.629. The molecule has 8 nitrogen and oxygen atoms in total. The van der Waals surface area contributed by atoms with Crippen molar-refractivity contribution in [1.82, 2.24) is 10.2 Å². The molecule has 0 radical (unpaired) electrons. The lowest BCUT2D eigenvalue weighted by atomic mass is 9.80. The van der Waals surface area contributed by atoms with Gasteiger partial charge in [-0.15, -0.1) is 0 Å². The Kier molecular flexibility index (Phi) is 4.52. The first kappa shape index (κ1) is 18.4.